The molecule has 1 aromatic heterocycles. The Kier molecular flexibility index (Phi) is 3.67. The maximum absolute atomic E-state index is 4.53. The van der Waals surface area contributed by atoms with Crippen molar-refractivity contribution in [3.05, 3.63) is 63.9 Å². The molecule has 0 aliphatic heterocycles. The molecule has 0 radical (unpaired) electrons. The second-order valence-electron chi connectivity index (χ2n) is 5.08. The zero-order valence-corrected chi connectivity index (χ0v) is 12.5. The van der Waals surface area contributed by atoms with E-state index >= 15 is 0 Å². The number of aryl methyl sites for hydroxylation is 1. The van der Waals surface area contributed by atoms with Crippen molar-refractivity contribution >= 4 is 15.9 Å². The van der Waals surface area contributed by atoms with Crippen LogP contribution in [0.3, 0.4) is 0 Å². The van der Waals surface area contributed by atoms with Crippen molar-refractivity contribution < 1.29 is 0 Å². The van der Waals surface area contributed by atoms with Crippen molar-refractivity contribution in [3.8, 4) is 0 Å². The van der Waals surface area contributed by atoms with Gasteiger partial charge in [0.25, 0.3) is 0 Å². The molecule has 19 heavy (non-hydrogen) atoms. The number of pyridine rings is 1. The number of aromatic nitrogens is 1. The Labute approximate surface area is 122 Å². The summed E-state index contributed by atoms with van der Waals surface area (Å²) in [7, 11) is 0. The minimum absolute atomic E-state index is 0.329. The number of rotatable bonds is 3. The van der Waals surface area contributed by atoms with Crippen molar-refractivity contribution in [1.29, 1.82) is 0 Å². The maximum atomic E-state index is 4.53. The van der Waals surface area contributed by atoms with Crippen molar-refractivity contribution in [3.63, 3.8) is 0 Å². The number of hydrogen-bond acceptors (Lipinski definition) is 2. The Hall–Kier alpha value is -1.19. The Morgan fingerprint density at radius 1 is 1.32 bits per heavy atom. The predicted octanol–water partition coefficient (Wildman–Crippen LogP) is 4.18. The second-order valence-corrected chi connectivity index (χ2v) is 6.00. The Balaban J connectivity index is 1.76. The lowest BCUT2D eigenvalue weighted by atomic mass is 10.1. The van der Waals surface area contributed by atoms with E-state index in [9.17, 15) is 0 Å². The number of halogens is 1. The Morgan fingerprint density at radius 3 is 3.05 bits per heavy atom. The molecule has 1 aliphatic rings. The lowest BCUT2D eigenvalue weighted by molar-refractivity contribution is 0.458. The molecule has 1 unspecified atom stereocenters. The van der Waals surface area contributed by atoms with E-state index in [0.717, 1.165) is 17.3 Å². The smallest absolute Gasteiger partial charge is 0.0605 e. The van der Waals surface area contributed by atoms with Crippen LogP contribution in [0, 0.1) is 0 Å². The first-order valence-electron chi connectivity index (χ1n) is 6.69. The molecule has 0 bridgehead atoms. The van der Waals surface area contributed by atoms with Crippen LogP contribution >= 0.6 is 15.9 Å². The van der Waals surface area contributed by atoms with Gasteiger partial charge in [-0.15, -0.1) is 0 Å². The van der Waals surface area contributed by atoms with Crippen molar-refractivity contribution in [2.24, 2.45) is 0 Å². The normalized spacial score (nSPS) is 19.2. The van der Waals surface area contributed by atoms with Crippen molar-refractivity contribution in [2.45, 2.75) is 31.8 Å². The van der Waals surface area contributed by atoms with Gasteiger partial charge in [0.15, 0.2) is 0 Å². The molecule has 3 rings (SSSR count). The van der Waals surface area contributed by atoms with Gasteiger partial charge in [-0.25, -0.2) is 0 Å². The van der Waals surface area contributed by atoms with Crippen LogP contribution in [0.1, 0.15) is 42.2 Å². The highest BCUT2D eigenvalue weighted by atomic mass is 79.9. The van der Waals surface area contributed by atoms with Gasteiger partial charge in [-0.05, 0) is 49.1 Å². The summed E-state index contributed by atoms with van der Waals surface area (Å²) in [6, 6.07) is 13.4. The molecule has 2 atom stereocenters. The average Bonchev–Trinajstić information content (AvgIpc) is 2.82. The SMILES string of the molecule is C[C@@H](NC1CCc2cccnc21)c1cccc(Br)c1. The standard InChI is InChI=1S/C16H17BrN2/c1-11(13-4-2-6-14(17)10-13)19-15-8-7-12-5-3-9-18-16(12)15/h2-6,9-11,15,19H,7-8H2,1H3/t11-,15?/m1/s1. The zero-order valence-electron chi connectivity index (χ0n) is 10.9. The summed E-state index contributed by atoms with van der Waals surface area (Å²) in [6.07, 6.45) is 4.17. The third kappa shape index (κ3) is 2.72. The molecular weight excluding hydrogens is 300 g/mol. The molecule has 1 N–H and O–H groups in total. The zero-order chi connectivity index (χ0) is 13.2. The number of hydrogen-bond donors (Lipinski definition) is 1. The average molecular weight is 317 g/mol. The first kappa shape index (κ1) is 12.8. The molecule has 0 saturated carbocycles. The van der Waals surface area contributed by atoms with Gasteiger partial charge in [0.2, 0.25) is 0 Å². The molecule has 0 amide bonds. The van der Waals surface area contributed by atoms with Crippen LogP contribution in [0.5, 0.6) is 0 Å². The van der Waals surface area contributed by atoms with Gasteiger partial charge >= 0.3 is 0 Å². The van der Waals surface area contributed by atoms with Crippen molar-refractivity contribution in [2.75, 3.05) is 0 Å². The highest BCUT2D eigenvalue weighted by Gasteiger charge is 2.24. The minimum Gasteiger partial charge on any atom is -0.302 e. The third-order valence-corrected chi connectivity index (χ3v) is 4.25. The molecule has 0 fully saturated rings. The first-order chi connectivity index (χ1) is 9.24. The number of nitrogens with zero attached hydrogens (tertiary/aromatic N) is 1. The van der Waals surface area contributed by atoms with Crippen LogP contribution in [-0.4, -0.2) is 4.98 Å². The highest BCUT2D eigenvalue weighted by Crippen LogP contribution is 2.31. The number of fused-ring (bicyclic) bond motifs is 1. The number of benzene rings is 1. The van der Waals surface area contributed by atoms with E-state index in [1.807, 2.05) is 12.3 Å². The third-order valence-electron chi connectivity index (χ3n) is 3.76. The summed E-state index contributed by atoms with van der Waals surface area (Å²) in [5.41, 5.74) is 3.92. The van der Waals surface area contributed by atoms with E-state index < -0.39 is 0 Å². The summed E-state index contributed by atoms with van der Waals surface area (Å²) < 4.78 is 1.13. The molecule has 0 saturated heterocycles. The Morgan fingerprint density at radius 2 is 2.21 bits per heavy atom. The van der Waals surface area contributed by atoms with E-state index in [1.165, 1.54) is 16.8 Å². The summed E-state index contributed by atoms with van der Waals surface area (Å²) in [5, 5.41) is 3.70. The minimum atomic E-state index is 0.329. The van der Waals surface area contributed by atoms with Gasteiger partial charge in [0.1, 0.15) is 0 Å². The summed E-state index contributed by atoms with van der Waals surface area (Å²) in [5.74, 6) is 0. The van der Waals surface area contributed by atoms with E-state index in [1.54, 1.807) is 0 Å². The lowest BCUT2D eigenvalue weighted by Crippen LogP contribution is -2.23. The van der Waals surface area contributed by atoms with Crippen LogP contribution in [0.15, 0.2) is 47.1 Å². The van der Waals surface area contributed by atoms with Gasteiger partial charge in [-0.3, -0.25) is 4.98 Å². The van der Waals surface area contributed by atoms with Gasteiger partial charge in [-0.1, -0.05) is 34.1 Å². The van der Waals surface area contributed by atoms with Crippen LogP contribution in [-0.2, 0) is 6.42 Å². The van der Waals surface area contributed by atoms with E-state index in [2.05, 4.69) is 63.5 Å². The molecule has 1 heterocycles. The van der Waals surface area contributed by atoms with Crippen molar-refractivity contribution in [1.82, 2.24) is 10.3 Å². The molecule has 0 spiro atoms. The molecule has 2 nitrogen and oxygen atoms in total. The predicted molar refractivity (Wildman–Crippen MR) is 81.0 cm³/mol. The fourth-order valence-corrected chi connectivity index (χ4v) is 3.17. The molecule has 98 valence electrons. The van der Waals surface area contributed by atoms with Crippen LogP contribution in [0.4, 0.5) is 0 Å². The van der Waals surface area contributed by atoms with Crippen LogP contribution in [0.25, 0.3) is 0 Å². The fourth-order valence-electron chi connectivity index (χ4n) is 2.75. The van der Waals surface area contributed by atoms with E-state index in [4.69, 9.17) is 0 Å². The molecule has 3 heteroatoms. The van der Waals surface area contributed by atoms with Crippen LogP contribution < -0.4 is 5.32 Å². The quantitative estimate of drug-likeness (QED) is 0.918. The monoisotopic (exact) mass is 316 g/mol. The lowest BCUT2D eigenvalue weighted by Gasteiger charge is -2.20. The van der Waals surface area contributed by atoms with Crippen LogP contribution in [0.2, 0.25) is 0 Å². The van der Waals surface area contributed by atoms with Gasteiger partial charge in [-0.2, -0.15) is 0 Å². The maximum Gasteiger partial charge on any atom is 0.0605 e. The topological polar surface area (TPSA) is 24.9 Å². The second kappa shape index (κ2) is 5.43. The van der Waals surface area contributed by atoms with Gasteiger partial charge in [0, 0.05) is 16.7 Å². The molecule has 2 aromatic rings. The summed E-state index contributed by atoms with van der Waals surface area (Å²) in [4.78, 5) is 4.53. The van der Waals surface area contributed by atoms with E-state index in [0.29, 0.717) is 12.1 Å². The Bertz CT molecular complexity index is 582. The largest absolute Gasteiger partial charge is 0.302 e. The first-order valence-corrected chi connectivity index (χ1v) is 7.48. The molecule has 1 aromatic carbocycles. The molecular formula is C16H17BrN2. The fraction of sp³-hybridized carbons (Fsp3) is 0.312. The number of nitrogens with one attached hydrogen (secondary N) is 1. The van der Waals surface area contributed by atoms with Gasteiger partial charge < -0.3 is 5.32 Å². The summed E-state index contributed by atoms with van der Waals surface area (Å²) >= 11 is 3.53. The summed E-state index contributed by atoms with van der Waals surface area (Å²) in [6.45, 7) is 2.21. The van der Waals surface area contributed by atoms with E-state index in [-0.39, 0.29) is 0 Å². The molecule has 1 aliphatic carbocycles. The highest BCUT2D eigenvalue weighted by molar-refractivity contribution is 9.10. The van der Waals surface area contributed by atoms with Gasteiger partial charge in [0.05, 0.1) is 11.7 Å².